The van der Waals surface area contributed by atoms with Crippen molar-refractivity contribution in [2.75, 3.05) is 40.1 Å². The Bertz CT molecular complexity index is 1100. The van der Waals surface area contributed by atoms with Crippen LogP contribution in [0.15, 0.2) is 41.5 Å². The van der Waals surface area contributed by atoms with Gasteiger partial charge in [-0.1, -0.05) is 11.8 Å². The molecular formula is C23H24F3N3O4S. The number of fused-ring (bicyclic) bond motifs is 2. The van der Waals surface area contributed by atoms with Gasteiger partial charge in [0.1, 0.15) is 34.9 Å². The lowest BCUT2D eigenvalue weighted by molar-refractivity contribution is -0.142. The molecule has 2 N–H and O–H groups in total. The average Bonchev–Trinajstić information content (AvgIpc) is 3.22. The molecule has 2 aliphatic heterocycles. The molecule has 0 bridgehead atoms. The first-order valence-corrected chi connectivity index (χ1v) is 11.5. The maximum Gasteiger partial charge on any atom is 0.270 e. The molecule has 0 unspecified atom stereocenters. The second kappa shape index (κ2) is 10.3. The molecule has 2 aromatic rings. The van der Waals surface area contributed by atoms with Crippen molar-refractivity contribution in [3.63, 3.8) is 0 Å². The normalized spacial score (nSPS) is 21.4. The summed E-state index contributed by atoms with van der Waals surface area (Å²) < 4.78 is 59.3. The van der Waals surface area contributed by atoms with Gasteiger partial charge in [0, 0.05) is 24.2 Å². The highest BCUT2D eigenvalue weighted by atomic mass is 32.2. The molecular weight excluding hydrogens is 471 g/mol. The summed E-state index contributed by atoms with van der Waals surface area (Å²) in [5.41, 5.74) is 6.12. The van der Waals surface area contributed by atoms with Gasteiger partial charge in [-0.25, -0.2) is 18.2 Å². The number of halogens is 3. The van der Waals surface area contributed by atoms with Crippen LogP contribution < -0.4 is 10.5 Å². The molecule has 0 aliphatic carbocycles. The van der Waals surface area contributed by atoms with Crippen molar-refractivity contribution in [3.8, 4) is 5.75 Å². The van der Waals surface area contributed by atoms with E-state index in [1.807, 2.05) is 0 Å². The molecule has 1 spiro atoms. The van der Waals surface area contributed by atoms with Crippen LogP contribution in [0.5, 0.6) is 5.75 Å². The molecule has 7 nitrogen and oxygen atoms in total. The van der Waals surface area contributed by atoms with E-state index in [-0.39, 0.29) is 43.6 Å². The van der Waals surface area contributed by atoms with E-state index in [0.29, 0.717) is 17.7 Å². The third-order valence-electron chi connectivity index (χ3n) is 5.65. The minimum Gasteiger partial charge on any atom is -0.493 e. The summed E-state index contributed by atoms with van der Waals surface area (Å²) in [6.07, 6.45) is 0.408. The number of benzene rings is 2. The van der Waals surface area contributed by atoms with E-state index in [1.54, 1.807) is 0 Å². The SMILES string of the molecule is COCCOCC(=O)N1N=C(c2cc(F)ccc2F)S[C@@]12c1cc(F)ccc1OC[C@H]2CCN. The predicted octanol–water partition coefficient (Wildman–Crippen LogP) is 3.21. The first kappa shape index (κ1) is 24.5. The van der Waals surface area contributed by atoms with Gasteiger partial charge in [-0.15, -0.1) is 0 Å². The van der Waals surface area contributed by atoms with Crippen molar-refractivity contribution in [1.29, 1.82) is 0 Å². The molecule has 0 fully saturated rings. The molecule has 11 heteroatoms. The van der Waals surface area contributed by atoms with Gasteiger partial charge < -0.3 is 19.9 Å². The number of amides is 1. The number of rotatable bonds is 8. The first-order valence-electron chi connectivity index (χ1n) is 10.7. The largest absolute Gasteiger partial charge is 0.493 e. The van der Waals surface area contributed by atoms with E-state index in [1.165, 1.54) is 30.3 Å². The van der Waals surface area contributed by atoms with E-state index in [4.69, 9.17) is 19.9 Å². The number of ether oxygens (including phenoxy) is 3. The van der Waals surface area contributed by atoms with Gasteiger partial charge in [-0.3, -0.25) is 4.79 Å². The van der Waals surface area contributed by atoms with Crippen LogP contribution in [0.4, 0.5) is 13.2 Å². The lowest BCUT2D eigenvalue weighted by Crippen LogP contribution is -2.52. The Kier molecular flexibility index (Phi) is 7.46. The van der Waals surface area contributed by atoms with Crippen LogP contribution in [0.3, 0.4) is 0 Å². The standard InChI is InChI=1S/C23H24F3N3O4S/c1-31-8-9-32-13-21(30)29-23(34-22(28-29)17-10-15(24)2-4-19(17)26)14(6-7-27)12-33-20-5-3-16(25)11-18(20)23/h2-5,10-11,14H,6-9,12-13,27H2,1H3/t14-,23+/m1/s1. The molecule has 0 saturated carbocycles. The van der Waals surface area contributed by atoms with E-state index in [2.05, 4.69) is 5.10 Å². The summed E-state index contributed by atoms with van der Waals surface area (Å²) in [7, 11) is 1.51. The number of hydrogen-bond acceptors (Lipinski definition) is 7. The summed E-state index contributed by atoms with van der Waals surface area (Å²) in [5, 5.41) is 5.69. The fraction of sp³-hybridized carbons (Fsp3) is 0.391. The fourth-order valence-electron chi connectivity index (χ4n) is 4.09. The Hall–Kier alpha value is -2.60. The molecule has 4 rings (SSSR count). The topological polar surface area (TPSA) is 86.4 Å². The van der Waals surface area contributed by atoms with Gasteiger partial charge in [0.25, 0.3) is 5.91 Å². The minimum atomic E-state index is -1.29. The van der Waals surface area contributed by atoms with Crippen LogP contribution >= 0.6 is 11.8 Å². The van der Waals surface area contributed by atoms with Gasteiger partial charge >= 0.3 is 0 Å². The zero-order chi connectivity index (χ0) is 24.3. The minimum absolute atomic E-state index is 0.0846. The van der Waals surface area contributed by atoms with Crippen LogP contribution in [-0.2, 0) is 19.1 Å². The van der Waals surface area contributed by atoms with E-state index < -0.39 is 34.1 Å². The van der Waals surface area contributed by atoms with E-state index in [0.717, 1.165) is 30.0 Å². The number of methoxy groups -OCH3 is 1. The third kappa shape index (κ3) is 4.52. The smallest absolute Gasteiger partial charge is 0.270 e. The number of hydrazone groups is 1. The number of nitrogens with two attached hydrogens (primary N) is 1. The summed E-state index contributed by atoms with van der Waals surface area (Å²) in [5.74, 6) is -2.47. The molecule has 0 aromatic heterocycles. The van der Waals surface area contributed by atoms with Gasteiger partial charge in [-0.05, 0) is 49.4 Å². The third-order valence-corrected chi connectivity index (χ3v) is 7.18. The van der Waals surface area contributed by atoms with Crippen LogP contribution in [0.25, 0.3) is 0 Å². The Morgan fingerprint density at radius 1 is 1.24 bits per heavy atom. The second-order valence-electron chi connectivity index (χ2n) is 7.80. The molecule has 0 radical (unpaired) electrons. The molecule has 2 atom stereocenters. The molecule has 2 aromatic carbocycles. The van der Waals surface area contributed by atoms with Crippen molar-refractivity contribution < 1.29 is 32.2 Å². The second-order valence-corrected chi connectivity index (χ2v) is 9.02. The molecule has 2 heterocycles. The van der Waals surface area contributed by atoms with Crippen LogP contribution in [-0.4, -0.2) is 56.0 Å². The number of hydrogen-bond donors (Lipinski definition) is 1. The summed E-state index contributed by atoms with van der Waals surface area (Å²) in [6.45, 7) is 0.553. The van der Waals surface area contributed by atoms with Crippen molar-refractivity contribution >= 4 is 22.7 Å². The van der Waals surface area contributed by atoms with Gasteiger partial charge in [-0.2, -0.15) is 5.10 Å². The van der Waals surface area contributed by atoms with Gasteiger partial charge in [0.15, 0.2) is 4.87 Å². The van der Waals surface area contributed by atoms with Crippen LogP contribution in [0.2, 0.25) is 0 Å². The van der Waals surface area contributed by atoms with E-state index >= 15 is 0 Å². The first-order chi connectivity index (χ1) is 16.4. The Balaban J connectivity index is 1.83. The summed E-state index contributed by atoms with van der Waals surface area (Å²) in [4.78, 5) is 12.1. The maximum atomic E-state index is 14.7. The molecule has 182 valence electrons. The highest BCUT2D eigenvalue weighted by molar-refractivity contribution is 8.15. The quantitative estimate of drug-likeness (QED) is 0.566. The van der Waals surface area contributed by atoms with Crippen molar-refractivity contribution in [1.82, 2.24) is 5.01 Å². The zero-order valence-corrected chi connectivity index (χ0v) is 19.2. The number of thioether (sulfide) groups is 1. The molecule has 0 saturated heterocycles. The van der Waals surface area contributed by atoms with E-state index in [9.17, 15) is 18.0 Å². The average molecular weight is 496 g/mol. The number of carbonyl (C=O) groups is 1. The molecule has 1 amide bonds. The van der Waals surface area contributed by atoms with Crippen LogP contribution in [0.1, 0.15) is 17.5 Å². The highest BCUT2D eigenvalue weighted by Gasteiger charge is 2.57. The Morgan fingerprint density at radius 2 is 2.00 bits per heavy atom. The maximum absolute atomic E-state index is 14.7. The Morgan fingerprint density at radius 3 is 2.76 bits per heavy atom. The molecule has 34 heavy (non-hydrogen) atoms. The lowest BCUT2D eigenvalue weighted by atomic mass is 9.86. The van der Waals surface area contributed by atoms with Gasteiger partial charge in [0.05, 0.1) is 19.8 Å². The van der Waals surface area contributed by atoms with Crippen LogP contribution in [0, 0.1) is 23.4 Å². The zero-order valence-electron chi connectivity index (χ0n) is 18.4. The fourth-order valence-corrected chi connectivity index (χ4v) is 5.62. The summed E-state index contributed by atoms with van der Waals surface area (Å²) in [6, 6.07) is 7.01. The highest BCUT2D eigenvalue weighted by Crippen LogP contribution is 2.57. The predicted molar refractivity (Wildman–Crippen MR) is 121 cm³/mol. The van der Waals surface area contributed by atoms with Crippen molar-refractivity contribution in [2.24, 2.45) is 16.8 Å². The lowest BCUT2D eigenvalue weighted by Gasteiger charge is -2.45. The monoisotopic (exact) mass is 495 g/mol. The molecule has 2 aliphatic rings. The number of nitrogens with zero attached hydrogens (tertiary/aromatic N) is 2. The summed E-state index contributed by atoms with van der Waals surface area (Å²) >= 11 is 1.06. The van der Waals surface area contributed by atoms with Gasteiger partial charge in [0.2, 0.25) is 0 Å². The van der Waals surface area contributed by atoms with Crippen molar-refractivity contribution in [2.45, 2.75) is 11.3 Å². The number of carbonyl (C=O) groups excluding carboxylic acids is 1. The van der Waals surface area contributed by atoms with Crippen molar-refractivity contribution in [3.05, 3.63) is 65.0 Å². The Labute approximate surface area is 199 Å².